The smallest absolute Gasteiger partial charge is 0.235 e. The topological polar surface area (TPSA) is 71.1 Å². The predicted octanol–water partition coefficient (Wildman–Crippen LogP) is 1.34. The zero-order valence-corrected chi connectivity index (χ0v) is 11.6. The summed E-state index contributed by atoms with van der Waals surface area (Å²) in [6, 6.07) is 4.00. The largest absolute Gasteiger partial charge is 0.313 e. The van der Waals surface area contributed by atoms with Gasteiger partial charge in [0.25, 0.3) is 0 Å². The number of anilines is 1. The molecule has 2 N–H and O–H groups in total. The monoisotopic (exact) mass is 319 g/mol. The van der Waals surface area contributed by atoms with Crippen LogP contribution in [0, 0.1) is 0 Å². The zero-order chi connectivity index (χ0) is 12.3. The summed E-state index contributed by atoms with van der Waals surface area (Å²) in [6.07, 6.45) is 3.85. The van der Waals surface area contributed by atoms with Gasteiger partial charge >= 0.3 is 0 Å². The minimum atomic E-state index is -3.33. The van der Waals surface area contributed by atoms with Crippen molar-refractivity contribution in [3.63, 3.8) is 0 Å². The van der Waals surface area contributed by atoms with Crippen molar-refractivity contribution in [1.82, 2.24) is 10.3 Å². The van der Waals surface area contributed by atoms with Crippen LogP contribution in [-0.4, -0.2) is 31.7 Å². The number of nitrogens with zero attached hydrogens (tertiary/aromatic N) is 1. The van der Waals surface area contributed by atoms with E-state index in [1.807, 2.05) is 0 Å². The van der Waals surface area contributed by atoms with Gasteiger partial charge in [-0.2, -0.15) is 0 Å². The molecule has 0 saturated heterocycles. The summed E-state index contributed by atoms with van der Waals surface area (Å²) in [7, 11) is -3.33. The summed E-state index contributed by atoms with van der Waals surface area (Å²) in [5.41, 5.74) is 0. The average molecular weight is 320 g/mol. The Kier molecular flexibility index (Phi) is 4.01. The second-order valence-electron chi connectivity index (χ2n) is 3.98. The summed E-state index contributed by atoms with van der Waals surface area (Å²) in [5, 5.41) is 3.16. The van der Waals surface area contributed by atoms with Crippen LogP contribution in [-0.2, 0) is 10.0 Å². The van der Waals surface area contributed by atoms with Crippen molar-refractivity contribution in [1.29, 1.82) is 0 Å². The zero-order valence-electron chi connectivity index (χ0n) is 9.19. The Morgan fingerprint density at radius 1 is 1.47 bits per heavy atom. The van der Waals surface area contributed by atoms with E-state index in [-0.39, 0.29) is 5.75 Å². The summed E-state index contributed by atoms with van der Waals surface area (Å²) in [4.78, 5) is 3.96. The maximum absolute atomic E-state index is 11.7. The Labute approximate surface area is 109 Å². The van der Waals surface area contributed by atoms with Crippen molar-refractivity contribution < 1.29 is 8.42 Å². The lowest BCUT2D eigenvalue weighted by Crippen LogP contribution is -2.28. The summed E-state index contributed by atoms with van der Waals surface area (Å²) < 4.78 is 26.6. The Hall–Kier alpha value is -0.660. The van der Waals surface area contributed by atoms with Crippen LogP contribution in [0.25, 0.3) is 0 Å². The highest BCUT2D eigenvalue weighted by molar-refractivity contribution is 9.10. The third kappa shape index (κ3) is 4.25. The highest BCUT2D eigenvalue weighted by Crippen LogP contribution is 2.20. The highest BCUT2D eigenvalue weighted by Gasteiger charge is 2.21. The Bertz CT molecular complexity index is 488. The van der Waals surface area contributed by atoms with Crippen molar-refractivity contribution in [3.8, 4) is 0 Å². The third-order valence-electron chi connectivity index (χ3n) is 2.39. The molecule has 0 unspecified atom stereocenters. The van der Waals surface area contributed by atoms with Crippen LogP contribution >= 0.6 is 15.9 Å². The molecule has 0 radical (unpaired) electrons. The normalized spacial score (nSPS) is 15.8. The van der Waals surface area contributed by atoms with E-state index in [9.17, 15) is 8.42 Å². The number of pyridine rings is 1. The minimum Gasteiger partial charge on any atom is -0.313 e. The van der Waals surface area contributed by atoms with Crippen LogP contribution in [0.4, 0.5) is 5.82 Å². The molecule has 1 heterocycles. The van der Waals surface area contributed by atoms with E-state index < -0.39 is 10.0 Å². The van der Waals surface area contributed by atoms with Crippen LogP contribution in [0.1, 0.15) is 12.8 Å². The maximum atomic E-state index is 11.7. The standard InChI is InChI=1S/C10H14BrN3O2S/c11-9-2-1-5-13-10(9)14-17(15,16)7-6-12-8-3-4-8/h1-2,5,8,12H,3-4,6-7H2,(H,13,14). The lowest BCUT2D eigenvalue weighted by Gasteiger charge is -2.08. The molecule has 17 heavy (non-hydrogen) atoms. The highest BCUT2D eigenvalue weighted by atomic mass is 79.9. The van der Waals surface area contributed by atoms with E-state index in [4.69, 9.17) is 0 Å². The van der Waals surface area contributed by atoms with Crippen LogP contribution < -0.4 is 10.0 Å². The van der Waals surface area contributed by atoms with Crippen molar-refractivity contribution in [2.45, 2.75) is 18.9 Å². The molecule has 1 saturated carbocycles. The van der Waals surface area contributed by atoms with Crippen LogP contribution in [0.3, 0.4) is 0 Å². The molecule has 1 fully saturated rings. The molecular weight excluding hydrogens is 306 g/mol. The molecule has 1 aliphatic rings. The van der Waals surface area contributed by atoms with Gasteiger partial charge in [0, 0.05) is 18.8 Å². The van der Waals surface area contributed by atoms with Gasteiger partial charge in [0.05, 0.1) is 10.2 Å². The quantitative estimate of drug-likeness (QED) is 0.830. The van der Waals surface area contributed by atoms with Gasteiger partial charge in [0.15, 0.2) is 5.82 Å². The molecule has 0 atom stereocenters. The van der Waals surface area contributed by atoms with Gasteiger partial charge in [-0.1, -0.05) is 0 Å². The second kappa shape index (κ2) is 5.32. The molecule has 2 rings (SSSR count). The summed E-state index contributed by atoms with van der Waals surface area (Å²) in [5.74, 6) is 0.394. The Balaban J connectivity index is 1.89. The number of hydrogen-bond acceptors (Lipinski definition) is 4. The van der Waals surface area contributed by atoms with Gasteiger partial charge in [-0.3, -0.25) is 4.72 Å². The van der Waals surface area contributed by atoms with Crippen LogP contribution in [0.2, 0.25) is 0 Å². The molecule has 1 aliphatic carbocycles. The molecule has 0 aliphatic heterocycles. The Morgan fingerprint density at radius 2 is 2.24 bits per heavy atom. The predicted molar refractivity (Wildman–Crippen MR) is 70.4 cm³/mol. The van der Waals surface area contributed by atoms with E-state index in [0.29, 0.717) is 22.9 Å². The number of halogens is 1. The molecule has 0 aromatic carbocycles. The van der Waals surface area contributed by atoms with Crippen LogP contribution in [0.15, 0.2) is 22.8 Å². The van der Waals surface area contributed by atoms with Crippen molar-refractivity contribution >= 4 is 31.8 Å². The first-order valence-electron chi connectivity index (χ1n) is 5.41. The first-order chi connectivity index (χ1) is 8.07. The van der Waals surface area contributed by atoms with E-state index in [1.54, 1.807) is 18.3 Å². The average Bonchev–Trinajstić information content (AvgIpc) is 3.05. The lowest BCUT2D eigenvalue weighted by molar-refractivity contribution is 0.595. The number of hydrogen-bond donors (Lipinski definition) is 2. The minimum absolute atomic E-state index is 0.0620. The fourth-order valence-electron chi connectivity index (χ4n) is 1.34. The van der Waals surface area contributed by atoms with E-state index in [2.05, 4.69) is 31.0 Å². The van der Waals surface area contributed by atoms with Crippen LogP contribution in [0.5, 0.6) is 0 Å². The Morgan fingerprint density at radius 3 is 2.88 bits per heavy atom. The van der Waals surface area contributed by atoms with E-state index in [0.717, 1.165) is 12.8 Å². The molecule has 1 aromatic rings. The van der Waals surface area contributed by atoms with Crippen molar-refractivity contribution in [2.24, 2.45) is 0 Å². The van der Waals surface area contributed by atoms with Crippen molar-refractivity contribution in [2.75, 3.05) is 17.0 Å². The van der Waals surface area contributed by atoms with E-state index in [1.165, 1.54) is 0 Å². The molecule has 5 nitrogen and oxygen atoms in total. The molecule has 0 bridgehead atoms. The molecule has 0 spiro atoms. The first kappa shape index (κ1) is 12.8. The lowest BCUT2D eigenvalue weighted by atomic mass is 10.5. The van der Waals surface area contributed by atoms with Crippen molar-refractivity contribution in [3.05, 3.63) is 22.8 Å². The fourth-order valence-corrected chi connectivity index (χ4v) is 2.78. The van der Waals surface area contributed by atoms with Gasteiger partial charge < -0.3 is 5.32 Å². The first-order valence-corrected chi connectivity index (χ1v) is 7.86. The van der Waals surface area contributed by atoms with Gasteiger partial charge in [0.1, 0.15) is 0 Å². The van der Waals surface area contributed by atoms with Gasteiger partial charge in [0.2, 0.25) is 10.0 Å². The second-order valence-corrected chi connectivity index (χ2v) is 6.68. The molecule has 1 aromatic heterocycles. The summed E-state index contributed by atoms with van der Waals surface area (Å²) >= 11 is 3.25. The third-order valence-corrected chi connectivity index (χ3v) is 4.28. The molecular formula is C10H14BrN3O2S. The fraction of sp³-hybridized carbons (Fsp3) is 0.500. The number of sulfonamides is 1. The number of nitrogens with one attached hydrogen (secondary N) is 2. The van der Waals surface area contributed by atoms with Gasteiger partial charge in [-0.05, 0) is 40.9 Å². The molecule has 7 heteroatoms. The molecule has 94 valence electrons. The summed E-state index contributed by atoms with van der Waals surface area (Å²) in [6.45, 7) is 0.477. The maximum Gasteiger partial charge on any atom is 0.235 e. The van der Waals surface area contributed by atoms with E-state index >= 15 is 0 Å². The molecule has 0 amide bonds. The SMILES string of the molecule is O=S(=O)(CCNC1CC1)Nc1ncccc1Br. The number of rotatable bonds is 6. The van der Waals surface area contributed by atoms with Gasteiger partial charge in [-0.15, -0.1) is 0 Å². The van der Waals surface area contributed by atoms with Gasteiger partial charge in [-0.25, -0.2) is 13.4 Å². The number of aromatic nitrogens is 1.